The van der Waals surface area contributed by atoms with Crippen LogP contribution in [-0.2, 0) is 12.8 Å². The highest BCUT2D eigenvalue weighted by Gasteiger charge is 2.32. The summed E-state index contributed by atoms with van der Waals surface area (Å²) in [5.41, 5.74) is 2.10. The van der Waals surface area contributed by atoms with Crippen LogP contribution in [0.15, 0.2) is 24.3 Å². The molecule has 0 saturated carbocycles. The van der Waals surface area contributed by atoms with Crippen molar-refractivity contribution in [2.45, 2.75) is 40.0 Å². The number of nitrogens with one attached hydrogen (secondary N) is 2. The van der Waals surface area contributed by atoms with Gasteiger partial charge in [-0.05, 0) is 66.6 Å². The number of carbonyl (C=O) groups is 1. The van der Waals surface area contributed by atoms with Gasteiger partial charge in [0.1, 0.15) is 16.9 Å². The molecular formula is C21H22FN3OS2. The van der Waals surface area contributed by atoms with Gasteiger partial charge in [0.2, 0.25) is 0 Å². The molecule has 1 amide bonds. The van der Waals surface area contributed by atoms with Crippen LogP contribution in [0, 0.1) is 28.5 Å². The number of nitriles is 1. The average molecular weight is 416 g/mol. The van der Waals surface area contributed by atoms with Crippen LogP contribution in [0.2, 0.25) is 0 Å². The molecule has 0 spiro atoms. The van der Waals surface area contributed by atoms with Gasteiger partial charge in [-0.3, -0.25) is 10.1 Å². The fourth-order valence-corrected chi connectivity index (χ4v) is 5.01. The molecule has 0 radical (unpaired) electrons. The Balaban J connectivity index is 1.74. The van der Waals surface area contributed by atoms with Crippen molar-refractivity contribution in [1.29, 1.82) is 5.26 Å². The quantitative estimate of drug-likeness (QED) is 0.675. The van der Waals surface area contributed by atoms with Crippen molar-refractivity contribution in [3.05, 3.63) is 51.7 Å². The van der Waals surface area contributed by atoms with Crippen molar-refractivity contribution in [2.75, 3.05) is 5.32 Å². The first-order chi connectivity index (χ1) is 13.2. The van der Waals surface area contributed by atoms with E-state index in [1.165, 1.54) is 34.4 Å². The first kappa shape index (κ1) is 20.4. The summed E-state index contributed by atoms with van der Waals surface area (Å²) < 4.78 is 13.3. The molecule has 0 fully saturated rings. The van der Waals surface area contributed by atoms with E-state index in [-0.39, 0.29) is 16.1 Å². The lowest BCUT2D eigenvalue weighted by Crippen LogP contribution is -2.34. The van der Waals surface area contributed by atoms with Gasteiger partial charge in [-0.15, -0.1) is 11.3 Å². The predicted octanol–water partition coefficient (Wildman–Crippen LogP) is 5.04. The lowest BCUT2D eigenvalue weighted by molar-refractivity contribution is 0.0977. The summed E-state index contributed by atoms with van der Waals surface area (Å²) in [5.74, 6) is -0.417. The predicted molar refractivity (Wildman–Crippen MR) is 114 cm³/mol. The largest absolute Gasteiger partial charge is 0.323 e. The smallest absolute Gasteiger partial charge is 0.257 e. The van der Waals surface area contributed by atoms with E-state index < -0.39 is 11.7 Å². The maximum Gasteiger partial charge on any atom is 0.257 e. The molecule has 1 aromatic heterocycles. The van der Waals surface area contributed by atoms with Crippen LogP contribution in [0.4, 0.5) is 9.39 Å². The highest BCUT2D eigenvalue weighted by atomic mass is 32.1. The van der Waals surface area contributed by atoms with Crippen molar-refractivity contribution in [3.8, 4) is 6.07 Å². The van der Waals surface area contributed by atoms with E-state index in [1.807, 2.05) is 0 Å². The number of benzene rings is 1. The Morgan fingerprint density at radius 2 is 2.14 bits per heavy atom. The van der Waals surface area contributed by atoms with Gasteiger partial charge in [-0.2, -0.15) is 5.26 Å². The maximum absolute atomic E-state index is 13.3. The van der Waals surface area contributed by atoms with Crippen molar-refractivity contribution in [2.24, 2.45) is 11.3 Å². The second-order valence-corrected chi connectivity index (χ2v) is 9.56. The van der Waals surface area contributed by atoms with E-state index in [4.69, 9.17) is 12.2 Å². The van der Waals surface area contributed by atoms with Crippen molar-refractivity contribution >= 4 is 39.6 Å². The normalized spacial score (nSPS) is 16.0. The molecule has 1 heterocycles. The number of carbonyl (C=O) groups excluding carboxylic acids is 1. The summed E-state index contributed by atoms with van der Waals surface area (Å²) in [6.45, 7) is 6.74. The van der Waals surface area contributed by atoms with Gasteiger partial charge in [0.15, 0.2) is 5.11 Å². The number of fused-ring (bicyclic) bond motifs is 1. The molecular weight excluding hydrogens is 393 g/mol. The minimum Gasteiger partial charge on any atom is -0.323 e. The monoisotopic (exact) mass is 415 g/mol. The summed E-state index contributed by atoms with van der Waals surface area (Å²) in [6.07, 6.45) is 2.88. The van der Waals surface area contributed by atoms with Crippen LogP contribution < -0.4 is 10.6 Å². The van der Waals surface area contributed by atoms with Crippen LogP contribution >= 0.6 is 23.6 Å². The molecule has 7 heteroatoms. The number of hydrogen-bond donors (Lipinski definition) is 2. The van der Waals surface area contributed by atoms with E-state index in [2.05, 4.69) is 37.5 Å². The Kier molecular flexibility index (Phi) is 5.82. The summed E-state index contributed by atoms with van der Waals surface area (Å²) in [6, 6.07) is 7.68. The fraction of sp³-hybridized carbons (Fsp3) is 0.381. The van der Waals surface area contributed by atoms with E-state index in [9.17, 15) is 14.4 Å². The van der Waals surface area contributed by atoms with Gasteiger partial charge in [0.05, 0.1) is 5.56 Å². The average Bonchev–Trinajstić information content (AvgIpc) is 2.96. The number of halogens is 1. The molecule has 0 bridgehead atoms. The number of hydrogen-bond acceptors (Lipinski definition) is 4. The minimum absolute atomic E-state index is 0.0942. The highest BCUT2D eigenvalue weighted by Crippen LogP contribution is 2.43. The maximum atomic E-state index is 13.3. The molecule has 146 valence electrons. The second kappa shape index (κ2) is 7.98. The summed E-state index contributed by atoms with van der Waals surface area (Å²) in [7, 11) is 0. The molecule has 0 saturated heterocycles. The molecule has 1 aliphatic rings. The molecule has 1 aliphatic carbocycles. The number of anilines is 1. The van der Waals surface area contributed by atoms with Crippen LogP contribution in [0.1, 0.15) is 53.6 Å². The van der Waals surface area contributed by atoms with Gasteiger partial charge in [0.25, 0.3) is 5.91 Å². The molecule has 4 nitrogen and oxygen atoms in total. The number of rotatable bonds is 2. The fourth-order valence-electron chi connectivity index (χ4n) is 3.47. The second-order valence-electron chi connectivity index (χ2n) is 8.04. The van der Waals surface area contributed by atoms with Crippen LogP contribution in [-0.4, -0.2) is 11.0 Å². The zero-order chi connectivity index (χ0) is 20.5. The van der Waals surface area contributed by atoms with E-state index in [0.29, 0.717) is 16.5 Å². The Labute approximate surface area is 173 Å². The standard InChI is InChI=1S/C21H22FN3OS2/c1-21(2,3)13-7-8-15-16(11-23)19(28-17(15)10-13)25-20(27)24-18(26)12-5-4-6-14(22)9-12/h4-6,9,13H,7-8,10H2,1-3H3,(H2,24,25,26,27)/t13-/m0/s1. The van der Waals surface area contributed by atoms with Crippen LogP contribution in [0.5, 0.6) is 0 Å². The first-order valence-corrected chi connectivity index (χ1v) is 10.3. The van der Waals surface area contributed by atoms with Gasteiger partial charge in [0, 0.05) is 10.4 Å². The van der Waals surface area contributed by atoms with Crippen LogP contribution in [0.25, 0.3) is 0 Å². The third-order valence-electron chi connectivity index (χ3n) is 5.14. The van der Waals surface area contributed by atoms with E-state index >= 15 is 0 Å². The molecule has 3 rings (SSSR count). The summed E-state index contributed by atoms with van der Waals surface area (Å²) >= 11 is 6.76. The van der Waals surface area contributed by atoms with Gasteiger partial charge in [-0.1, -0.05) is 26.8 Å². The number of thiocarbonyl (C=S) groups is 1. The third-order valence-corrected chi connectivity index (χ3v) is 6.52. The highest BCUT2D eigenvalue weighted by molar-refractivity contribution is 7.80. The van der Waals surface area contributed by atoms with Crippen molar-refractivity contribution in [1.82, 2.24) is 5.32 Å². The lowest BCUT2D eigenvalue weighted by Gasteiger charge is -2.33. The molecule has 0 unspecified atom stereocenters. The van der Waals surface area contributed by atoms with Crippen molar-refractivity contribution < 1.29 is 9.18 Å². The van der Waals surface area contributed by atoms with Gasteiger partial charge < -0.3 is 5.32 Å². The summed E-state index contributed by atoms with van der Waals surface area (Å²) in [5, 5.41) is 15.9. The molecule has 0 aliphatic heterocycles. The Bertz CT molecular complexity index is 969. The zero-order valence-corrected chi connectivity index (χ0v) is 17.7. The first-order valence-electron chi connectivity index (χ1n) is 9.11. The minimum atomic E-state index is -0.496. The van der Waals surface area contributed by atoms with E-state index in [1.54, 1.807) is 0 Å². The van der Waals surface area contributed by atoms with Gasteiger partial charge in [-0.25, -0.2) is 4.39 Å². The molecule has 2 N–H and O–H groups in total. The molecule has 2 aromatic rings. The topological polar surface area (TPSA) is 64.9 Å². The zero-order valence-electron chi connectivity index (χ0n) is 16.1. The van der Waals surface area contributed by atoms with Gasteiger partial charge >= 0.3 is 0 Å². The molecule has 1 aromatic carbocycles. The Morgan fingerprint density at radius 3 is 2.79 bits per heavy atom. The number of thiophene rings is 1. The SMILES string of the molecule is CC(C)(C)[C@H]1CCc2c(sc(NC(=S)NC(=O)c3cccc(F)c3)c2C#N)C1. The third kappa shape index (κ3) is 4.40. The number of nitrogens with zero attached hydrogens (tertiary/aromatic N) is 1. The molecule has 1 atom stereocenters. The number of amides is 1. The Hall–Kier alpha value is -2.30. The lowest BCUT2D eigenvalue weighted by atomic mass is 9.72. The summed E-state index contributed by atoms with van der Waals surface area (Å²) in [4.78, 5) is 13.4. The molecule has 28 heavy (non-hydrogen) atoms. The Morgan fingerprint density at radius 1 is 1.39 bits per heavy atom. The van der Waals surface area contributed by atoms with Crippen molar-refractivity contribution in [3.63, 3.8) is 0 Å². The van der Waals surface area contributed by atoms with E-state index in [0.717, 1.165) is 30.9 Å². The van der Waals surface area contributed by atoms with Crippen LogP contribution in [0.3, 0.4) is 0 Å².